The Balaban J connectivity index is 1.98. The van der Waals surface area contributed by atoms with E-state index in [9.17, 15) is 9.18 Å². The molecule has 2 aromatic carbocycles. The average Bonchev–Trinajstić information content (AvgIpc) is 2.52. The summed E-state index contributed by atoms with van der Waals surface area (Å²) in [5.41, 5.74) is 1.81. The van der Waals surface area contributed by atoms with Gasteiger partial charge < -0.3 is 4.74 Å². The van der Waals surface area contributed by atoms with Gasteiger partial charge in [0, 0.05) is 12.3 Å². The highest BCUT2D eigenvalue weighted by atomic mass is 19.1. The number of nitrogens with zero attached hydrogens (tertiary/aromatic N) is 1. The van der Waals surface area contributed by atoms with E-state index in [0.717, 1.165) is 5.56 Å². The Labute approximate surface area is 127 Å². The Morgan fingerprint density at radius 2 is 1.91 bits per heavy atom. The molecule has 0 radical (unpaired) electrons. The van der Waals surface area contributed by atoms with Gasteiger partial charge >= 0.3 is 0 Å². The van der Waals surface area contributed by atoms with Crippen molar-refractivity contribution in [3.8, 4) is 5.75 Å². The van der Waals surface area contributed by atoms with Gasteiger partial charge in [-0.2, -0.15) is 0 Å². The van der Waals surface area contributed by atoms with Crippen LogP contribution < -0.4 is 4.74 Å². The highest BCUT2D eigenvalue weighted by Crippen LogP contribution is 2.25. The molecule has 4 heteroatoms. The molecule has 0 amide bonds. The van der Waals surface area contributed by atoms with E-state index in [1.165, 1.54) is 19.1 Å². The van der Waals surface area contributed by atoms with Gasteiger partial charge in [-0.05, 0) is 29.8 Å². The maximum atomic E-state index is 13.3. The van der Waals surface area contributed by atoms with E-state index in [1.54, 1.807) is 12.1 Å². The highest BCUT2D eigenvalue weighted by Gasteiger charge is 2.13. The Hall–Kier alpha value is -2.75. The van der Waals surface area contributed by atoms with Gasteiger partial charge in [-0.1, -0.05) is 30.3 Å². The summed E-state index contributed by atoms with van der Waals surface area (Å²) in [6.45, 7) is 1.76. The standard InChI is InChI=1S/C18H14FNO2/c1-12(21)18-17(22-11-13-5-3-2-4-6-13)10-14-9-15(19)7-8-16(14)20-18/h2-10H,11H2,1H3. The minimum Gasteiger partial charge on any atom is -0.486 e. The van der Waals surface area contributed by atoms with Gasteiger partial charge in [-0.3, -0.25) is 4.79 Å². The Bertz CT molecular complexity index is 831. The fraction of sp³-hybridized carbons (Fsp3) is 0.111. The number of fused-ring (bicyclic) bond motifs is 1. The first-order chi connectivity index (χ1) is 10.6. The molecule has 0 aliphatic heterocycles. The number of pyridine rings is 1. The Morgan fingerprint density at radius 3 is 2.64 bits per heavy atom. The molecular weight excluding hydrogens is 281 g/mol. The van der Waals surface area contributed by atoms with Crippen LogP contribution in [0.3, 0.4) is 0 Å². The van der Waals surface area contributed by atoms with Crippen LogP contribution in [0, 0.1) is 5.82 Å². The molecular formula is C18H14FNO2. The van der Waals surface area contributed by atoms with Gasteiger partial charge in [-0.25, -0.2) is 9.37 Å². The zero-order chi connectivity index (χ0) is 15.5. The molecule has 3 rings (SSSR count). The zero-order valence-electron chi connectivity index (χ0n) is 12.0. The summed E-state index contributed by atoms with van der Waals surface area (Å²) >= 11 is 0. The first-order valence-electron chi connectivity index (χ1n) is 6.91. The molecule has 110 valence electrons. The number of ketones is 1. The van der Waals surface area contributed by atoms with Crippen molar-refractivity contribution in [3.63, 3.8) is 0 Å². The summed E-state index contributed by atoms with van der Waals surface area (Å²) in [5.74, 6) is -0.164. The molecule has 0 fully saturated rings. The molecule has 0 bridgehead atoms. The van der Waals surface area contributed by atoms with E-state index >= 15 is 0 Å². The van der Waals surface area contributed by atoms with Gasteiger partial charge in [0.2, 0.25) is 0 Å². The van der Waals surface area contributed by atoms with Gasteiger partial charge in [0.1, 0.15) is 23.9 Å². The lowest BCUT2D eigenvalue weighted by molar-refractivity contribution is 0.100. The van der Waals surface area contributed by atoms with Crippen molar-refractivity contribution < 1.29 is 13.9 Å². The number of aromatic nitrogens is 1. The van der Waals surface area contributed by atoms with Crippen molar-refractivity contribution in [1.82, 2.24) is 4.98 Å². The number of rotatable bonds is 4. The molecule has 22 heavy (non-hydrogen) atoms. The summed E-state index contributed by atoms with van der Waals surface area (Å²) in [7, 11) is 0. The Morgan fingerprint density at radius 1 is 1.14 bits per heavy atom. The quantitative estimate of drug-likeness (QED) is 0.679. The molecule has 3 nitrogen and oxygen atoms in total. The number of hydrogen-bond donors (Lipinski definition) is 0. The summed E-state index contributed by atoms with van der Waals surface area (Å²) in [4.78, 5) is 16.1. The van der Waals surface area contributed by atoms with E-state index < -0.39 is 0 Å². The Kier molecular flexibility index (Phi) is 3.83. The smallest absolute Gasteiger partial charge is 0.181 e. The minimum atomic E-state index is -0.348. The zero-order valence-corrected chi connectivity index (χ0v) is 12.0. The molecule has 0 saturated heterocycles. The third-order valence-electron chi connectivity index (χ3n) is 3.31. The second kappa shape index (κ2) is 5.93. The van der Waals surface area contributed by atoms with E-state index in [0.29, 0.717) is 23.3 Å². The molecule has 0 atom stereocenters. The van der Waals surface area contributed by atoms with Crippen molar-refractivity contribution in [2.24, 2.45) is 0 Å². The number of Topliss-reactive ketones (excluding diaryl/α,β-unsaturated/α-hetero) is 1. The summed E-state index contributed by atoms with van der Waals surface area (Å²) in [6.07, 6.45) is 0. The van der Waals surface area contributed by atoms with Crippen LogP contribution in [0.5, 0.6) is 5.75 Å². The SMILES string of the molecule is CC(=O)c1nc2ccc(F)cc2cc1OCc1ccccc1. The fourth-order valence-electron chi connectivity index (χ4n) is 2.23. The second-order valence-corrected chi connectivity index (χ2v) is 5.00. The number of ether oxygens (including phenoxy) is 1. The lowest BCUT2D eigenvalue weighted by atomic mass is 10.1. The molecule has 0 N–H and O–H groups in total. The highest BCUT2D eigenvalue weighted by molar-refractivity contribution is 5.97. The van der Waals surface area contributed by atoms with Crippen LogP contribution in [0.15, 0.2) is 54.6 Å². The second-order valence-electron chi connectivity index (χ2n) is 5.00. The van der Waals surface area contributed by atoms with Crippen molar-refractivity contribution in [3.05, 3.63) is 71.7 Å². The molecule has 0 spiro atoms. The van der Waals surface area contributed by atoms with Crippen LogP contribution in [0.1, 0.15) is 23.0 Å². The van der Waals surface area contributed by atoms with E-state index in [2.05, 4.69) is 4.98 Å². The minimum absolute atomic E-state index is 0.186. The molecule has 1 heterocycles. The lowest BCUT2D eigenvalue weighted by Gasteiger charge is -2.11. The molecule has 3 aromatic rings. The fourth-order valence-corrected chi connectivity index (χ4v) is 2.23. The van der Waals surface area contributed by atoms with Gasteiger partial charge in [-0.15, -0.1) is 0 Å². The predicted octanol–water partition coefficient (Wildman–Crippen LogP) is 4.16. The molecule has 1 aromatic heterocycles. The summed E-state index contributed by atoms with van der Waals surface area (Å²) in [5, 5.41) is 0.605. The predicted molar refractivity (Wildman–Crippen MR) is 82.5 cm³/mol. The van der Waals surface area contributed by atoms with Gasteiger partial charge in [0.25, 0.3) is 0 Å². The first kappa shape index (κ1) is 14.2. The van der Waals surface area contributed by atoms with Crippen LogP contribution in [0.2, 0.25) is 0 Å². The number of benzene rings is 2. The van der Waals surface area contributed by atoms with Crippen LogP contribution in [0.4, 0.5) is 4.39 Å². The molecule has 0 aliphatic rings. The maximum absolute atomic E-state index is 13.3. The summed E-state index contributed by atoms with van der Waals surface area (Å²) in [6, 6.07) is 15.5. The van der Waals surface area contributed by atoms with Gasteiger partial charge in [0.15, 0.2) is 5.78 Å². The lowest BCUT2D eigenvalue weighted by Crippen LogP contribution is -2.04. The molecule has 0 unspecified atom stereocenters. The van der Waals surface area contributed by atoms with Crippen LogP contribution in [-0.2, 0) is 6.61 Å². The monoisotopic (exact) mass is 295 g/mol. The number of carbonyl (C=O) groups excluding carboxylic acids is 1. The molecule has 0 aliphatic carbocycles. The van der Waals surface area contributed by atoms with E-state index in [1.807, 2.05) is 30.3 Å². The largest absolute Gasteiger partial charge is 0.486 e. The number of hydrogen-bond acceptors (Lipinski definition) is 3. The average molecular weight is 295 g/mol. The van der Waals surface area contributed by atoms with Crippen LogP contribution in [0.25, 0.3) is 10.9 Å². The van der Waals surface area contributed by atoms with Crippen LogP contribution in [-0.4, -0.2) is 10.8 Å². The third-order valence-corrected chi connectivity index (χ3v) is 3.31. The maximum Gasteiger partial charge on any atom is 0.181 e. The molecule has 0 saturated carbocycles. The van der Waals surface area contributed by atoms with Crippen molar-refractivity contribution in [1.29, 1.82) is 0 Å². The van der Waals surface area contributed by atoms with E-state index in [-0.39, 0.29) is 17.3 Å². The third kappa shape index (κ3) is 2.96. The first-order valence-corrected chi connectivity index (χ1v) is 6.91. The number of halogens is 1. The van der Waals surface area contributed by atoms with E-state index in [4.69, 9.17) is 4.74 Å². The van der Waals surface area contributed by atoms with Gasteiger partial charge in [0.05, 0.1) is 5.52 Å². The van der Waals surface area contributed by atoms with Crippen molar-refractivity contribution >= 4 is 16.7 Å². The van der Waals surface area contributed by atoms with Crippen LogP contribution >= 0.6 is 0 Å². The summed E-state index contributed by atoms with van der Waals surface area (Å²) < 4.78 is 19.1. The van der Waals surface area contributed by atoms with Crippen molar-refractivity contribution in [2.75, 3.05) is 0 Å². The van der Waals surface area contributed by atoms with Crippen molar-refractivity contribution in [2.45, 2.75) is 13.5 Å². The normalized spacial score (nSPS) is 10.6. The topological polar surface area (TPSA) is 39.2 Å². The number of carbonyl (C=O) groups is 1.